The molecule has 0 aromatic rings. The number of fused-ring (bicyclic) bond motifs is 2. The molecule has 2 aliphatic rings. The monoisotopic (exact) mass is 406 g/mol. The molecule has 2 fully saturated rings. The largest absolute Gasteiger partial charge is 0.445 e. The molecule has 152 valence electrons. The molecule has 0 aliphatic heterocycles. The smallest absolute Gasteiger partial charge is 0.432 e. The maximum absolute atomic E-state index is 13.9. The molecule has 2 aliphatic carbocycles. The lowest BCUT2D eigenvalue weighted by Gasteiger charge is -2.46. The van der Waals surface area contributed by atoms with E-state index in [2.05, 4.69) is 20.9 Å². The highest BCUT2D eigenvalue weighted by Crippen LogP contribution is 2.52. The lowest BCUT2D eigenvalue weighted by atomic mass is 9.59. The van der Waals surface area contributed by atoms with Gasteiger partial charge in [-0.2, -0.15) is 26.3 Å². The first-order chi connectivity index (χ1) is 11.9. The van der Waals surface area contributed by atoms with Gasteiger partial charge in [-0.05, 0) is 56.8 Å². The summed E-state index contributed by atoms with van der Waals surface area (Å²) in [4.78, 5) is 16.4. The van der Waals surface area contributed by atoms with Gasteiger partial charge in [0.1, 0.15) is 12.0 Å². The van der Waals surface area contributed by atoms with Crippen LogP contribution in [-0.4, -0.2) is 30.6 Å². The summed E-state index contributed by atoms with van der Waals surface area (Å²) in [5.74, 6) is -0.340. The van der Waals surface area contributed by atoms with Crippen molar-refractivity contribution in [1.29, 1.82) is 0 Å². The topological polar surface area (TPSA) is 44.8 Å². The molecule has 0 amide bonds. The first kappa shape index (κ1) is 21.7. The van der Waals surface area contributed by atoms with E-state index in [1.807, 2.05) is 0 Å². The number of esters is 1. The minimum absolute atomic E-state index is 0.200. The van der Waals surface area contributed by atoms with Gasteiger partial charge in [0, 0.05) is 0 Å². The van der Waals surface area contributed by atoms with Crippen molar-refractivity contribution in [2.75, 3.05) is 7.11 Å². The van der Waals surface area contributed by atoms with Crippen molar-refractivity contribution in [2.24, 2.45) is 23.2 Å². The lowest BCUT2D eigenvalue weighted by Crippen LogP contribution is -2.50. The summed E-state index contributed by atoms with van der Waals surface area (Å²) in [6.45, 7) is 3.61. The summed E-state index contributed by atoms with van der Waals surface area (Å²) in [7, 11) is 0.875. The third kappa shape index (κ3) is 5.01. The number of carbonyl (C=O) groups excluding carboxylic acids is 1. The zero-order valence-corrected chi connectivity index (χ0v) is 15.6. The van der Waals surface area contributed by atoms with Gasteiger partial charge in [0.15, 0.2) is 0 Å². The fraction of sp³-hybridized carbons (Fsp3) is 0.938. The molecule has 10 heteroatoms. The van der Waals surface area contributed by atoms with E-state index in [1.165, 1.54) is 6.92 Å². The van der Waals surface area contributed by atoms with Crippen LogP contribution in [-0.2, 0) is 18.8 Å². The number of halogens is 5. The van der Waals surface area contributed by atoms with Gasteiger partial charge in [0.2, 0.25) is 0 Å². The van der Waals surface area contributed by atoms with Crippen molar-refractivity contribution >= 4 is 18.0 Å². The van der Waals surface area contributed by atoms with Crippen molar-refractivity contribution < 1.29 is 40.7 Å². The van der Waals surface area contributed by atoms with Crippen LogP contribution in [0.1, 0.15) is 46.0 Å². The van der Waals surface area contributed by atoms with Gasteiger partial charge in [0.05, 0.1) is 12.5 Å². The average molecular weight is 406 g/mol. The van der Waals surface area contributed by atoms with E-state index in [9.17, 15) is 26.7 Å². The fourth-order valence-corrected chi connectivity index (χ4v) is 4.88. The van der Waals surface area contributed by atoms with Crippen LogP contribution in [0.25, 0.3) is 0 Å². The second kappa shape index (κ2) is 7.79. The van der Waals surface area contributed by atoms with Crippen molar-refractivity contribution in [1.82, 2.24) is 0 Å². The molecule has 0 aromatic carbocycles. The standard InChI is InChI=1S/C16H23F5O4S/c1-9-4-10-6-11(5-9)8-14(2,7-10)13(22)24-12(15(17,18)19)16(20,21)26-25-23-3/h9-12H,4-8H2,1-3H3. The number of hydrogen-bond donors (Lipinski definition) is 0. The molecule has 0 saturated heterocycles. The van der Waals surface area contributed by atoms with E-state index < -0.39 is 41.0 Å². The summed E-state index contributed by atoms with van der Waals surface area (Å²) in [6, 6.07) is 0. The van der Waals surface area contributed by atoms with Gasteiger partial charge in [-0.25, -0.2) is 4.89 Å². The Morgan fingerprint density at radius 3 is 2.12 bits per heavy atom. The van der Waals surface area contributed by atoms with Gasteiger partial charge in [-0.3, -0.25) is 4.79 Å². The van der Waals surface area contributed by atoms with E-state index in [4.69, 9.17) is 0 Å². The van der Waals surface area contributed by atoms with Gasteiger partial charge in [0.25, 0.3) is 6.10 Å². The van der Waals surface area contributed by atoms with Crippen LogP contribution in [0.3, 0.4) is 0 Å². The fourth-order valence-electron chi connectivity index (χ4n) is 4.45. The van der Waals surface area contributed by atoms with Crippen molar-refractivity contribution in [3.63, 3.8) is 0 Å². The number of hydrogen-bond acceptors (Lipinski definition) is 5. The van der Waals surface area contributed by atoms with Gasteiger partial charge >= 0.3 is 17.4 Å². The third-order valence-electron chi connectivity index (χ3n) is 5.15. The van der Waals surface area contributed by atoms with Crippen LogP contribution in [0.2, 0.25) is 0 Å². The van der Waals surface area contributed by atoms with Crippen LogP contribution < -0.4 is 0 Å². The molecule has 0 heterocycles. The molecule has 2 saturated carbocycles. The zero-order valence-electron chi connectivity index (χ0n) is 14.8. The van der Waals surface area contributed by atoms with Crippen LogP contribution in [0.4, 0.5) is 22.0 Å². The Kier molecular flexibility index (Phi) is 6.50. The van der Waals surface area contributed by atoms with Gasteiger partial charge in [-0.15, -0.1) is 0 Å². The minimum atomic E-state index is -5.45. The van der Waals surface area contributed by atoms with E-state index >= 15 is 0 Å². The second-order valence-electron chi connectivity index (χ2n) is 7.72. The molecule has 4 nitrogen and oxygen atoms in total. The van der Waals surface area contributed by atoms with Gasteiger partial charge < -0.3 is 4.74 Å². The van der Waals surface area contributed by atoms with Crippen molar-refractivity contribution in [3.8, 4) is 0 Å². The first-order valence-corrected chi connectivity index (χ1v) is 9.15. The normalized spacial score (nSPS) is 33.6. The highest BCUT2D eigenvalue weighted by Gasteiger charge is 2.62. The molecule has 0 aromatic heterocycles. The van der Waals surface area contributed by atoms with E-state index in [-0.39, 0.29) is 11.8 Å². The lowest BCUT2D eigenvalue weighted by molar-refractivity contribution is -0.265. The molecular weight excluding hydrogens is 383 g/mol. The minimum Gasteiger partial charge on any atom is -0.445 e. The Morgan fingerprint density at radius 2 is 1.65 bits per heavy atom. The summed E-state index contributed by atoms with van der Waals surface area (Å²) in [6.07, 6.45) is -5.66. The highest BCUT2D eigenvalue weighted by molar-refractivity contribution is 7.95. The Labute approximate surface area is 153 Å². The van der Waals surface area contributed by atoms with Crippen LogP contribution in [0.15, 0.2) is 0 Å². The first-order valence-electron chi connectivity index (χ1n) is 8.41. The maximum Gasteiger partial charge on any atom is 0.432 e. The van der Waals surface area contributed by atoms with E-state index in [0.717, 1.165) is 26.4 Å². The molecule has 3 atom stereocenters. The Balaban J connectivity index is 2.14. The Bertz CT molecular complexity index is 495. The molecule has 2 rings (SSSR count). The number of carbonyl (C=O) groups is 1. The zero-order chi connectivity index (χ0) is 19.8. The predicted octanol–water partition coefficient (Wildman–Crippen LogP) is 5.13. The Morgan fingerprint density at radius 1 is 1.12 bits per heavy atom. The summed E-state index contributed by atoms with van der Waals surface area (Å²) in [5, 5.41) is -4.54. The molecular formula is C16H23F5O4S. The van der Waals surface area contributed by atoms with E-state index in [1.54, 1.807) is 0 Å². The molecule has 0 N–H and O–H groups in total. The predicted molar refractivity (Wildman–Crippen MR) is 83.9 cm³/mol. The average Bonchev–Trinajstić information content (AvgIpc) is 2.47. The summed E-state index contributed by atoms with van der Waals surface area (Å²) in [5.41, 5.74) is -1.19. The summed E-state index contributed by atoms with van der Waals surface area (Å²) >= 11 is -0.834. The molecule has 3 unspecified atom stereocenters. The van der Waals surface area contributed by atoms with Crippen LogP contribution in [0.5, 0.6) is 0 Å². The second-order valence-corrected chi connectivity index (χ2v) is 8.57. The van der Waals surface area contributed by atoms with Crippen LogP contribution in [0, 0.1) is 23.2 Å². The molecule has 0 spiro atoms. The van der Waals surface area contributed by atoms with Crippen molar-refractivity contribution in [3.05, 3.63) is 0 Å². The van der Waals surface area contributed by atoms with Crippen molar-refractivity contribution in [2.45, 2.75) is 63.5 Å². The summed E-state index contributed by atoms with van der Waals surface area (Å²) < 4.78 is 75.3. The highest BCUT2D eigenvalue weighted by atomic mass is 32.2. The maximum atomic E-state index is 13.9. The van der Waals surface area contributed by atoms with Gasteiger partial charge in [-0.1, -0.05) is 6.92 Å². The van der Waals surface area contributed by atoms with Crippen LogP contribution >= 0.6 is 12.0 Å². The number of ether oxygens (including phenoxy) is 1. The SMILES string of the molecule is COOSC(F)(F)C(OC(=O)C1(C)CC2CC(C)CC(C2)C1)C(F)(F)F. The Hall–Kier alpha value is -0.610. The molecule has 2 bridgehead atoms. The molecule has 26 heavy (non-hydrogen) atoms. The number of rotatable bonds is 6. The van der Waals surface area contributed by atoms with E-state index in [0.29, 0.717) is 18.8 Å². The quantitative estimate of drug-likeness (QED) is 0.201. The number of alkyl halides is 5. The molecule has 0 radical (unpaired) electrons. The third-order valence-corrected chi connectivity index (χ3v) is 5.79.